The normalized spacial score (nSPS) is 11.7. The maximum absolute atomic E-state index is 14.3. The minimum absolute atomic E-state index is 0.0493. The van der Waals surface area contributed by atoms with E-state index in [0.717, 1.165) is 12.8 Å². The highest BCUT2D eigenvalue weighted by Gasteiger charge is 2.22. The first-order valence-corrected chi connectivity index (χ1v) is 9.60. The number of amides is 1. The molecule has 0 aliphatic heterocycles. The summed E-state index contributed by atoms with van der Waals surface area (Å²) in [6.07, 6.45) is 3.00. The summed E-state index contributed by atoms with van der Waals surface area (Å²) in [6.45, 7) is 4.30. The number of hydrogen-bond donors (Lipinski definition) is 3. The number of benzene rings is 1. The predicted molar refractivity (Wildman–Crippen MR) is 112 cm³/mol. The summed E-state index contributed by atoms with van der Waals surface area (Å²) < 4.78 is 14.3. The molecule has 154 valence electrons. The van der Waals surface area contributed by atoms with Crippen LogP contribution in [0, 0.1) is 17.1 Å². The number of hydrogen-bond acceptors (Lipinski definition) is 7. The quantitative estimate of drug-likeness (QED) is 0.512. The Balaban J connectivity index is 2.04. The molecule has 1 atom stereocenters. The fourth-order valence-electron chi connectivity index (χ4n) is 3.05. The molecule has 9 heteroatoms. The number of fused-ring (bicyclic) bond motifs is 1. The molecule has 30 heavy (non-hydrogen) atoms. The summed E-state index contributed by atoms with van der Waals surface area (Å²) in [6, 6.07) is 7.52. The van der Waals surface area contributed by atoms with Gasteiger partial charge in [0.15, 0.2) is 0 Å². The van der Waals surface area contributed by atoms with Gasteiger partial charge in [-0.15, -0.1) is 0 Å². The number of nitriles is 1. The van der Waals surface area contributed by atoms with Gasteiger partial charge >= 0.3 is 0 Å². The largest absolute Gasteiger partial charge is 0.382 e. The number of nitrogens with one attached hydrogen (secondary N) is 2. The summed E-state index contributed by atoms with van der Waals surface area (Å²) in [7, 11) is 0. The summed E-state index contributed by atoms with van der Waals surface area (Å²) in [4.78, 5) is 25.3. The molecule has 0 unspecified atom stereocenters. The van der Waals surface area contributed by atoms with Gasteiger partial charge in [0.1, 0.15) is 35.4 Å². The second kappa shape index (κ2) is 9.13. The molecule has 1 amide bonds. The second-order valence-corrected chi connectivity index (χ2v) is 6.80. The number of carbonyl (C=O) groups excluding carboxylic acids is 1. The molecule has 0 fully saturated rings. The maximum atomic E-state index is 14.3. The highest BCUT2D eigenvalue weighted by atomic mass is 19.1. The molecule has 0 aliphatic carbocycles. The van der Waals surface area contributed by atoms with Gasteiger partial charge in [-0.25, -0.2) is 19.3 Å². The highest BCUT2D eigenvalue weighted by molar-refractivity contribution is 5.99. The summed E-state index contributed by atoms with van der Waals surface area (Å²) in [5.41, 5.74) is 6.93. The number of nitrogens with zero attached hydrogens (tertiary/aromatic N) is 4. The molecule has 2 heterocycles. The monoisotopic (exact) mass is 407 g/mol. The van der Waals surface area contributed by atoms with Crippen molar-refractivity contribution in [1.29, 1.82) is 5.26 Å². The first-order valence-electron chi connectivity index (χ1n) is 9.60. The molecule has 3 rings (SSSR count). The van der Waals surface area contributed by atoms with E-state index in [-0.39, 0.29) is 34.1 Å². The van der Waals surface area contributed by atoms with Crippen molar-refractivity contribution < 1.29 is 9.18 Å². The van der Waals surface area contributed by atoms with Crippen LogP contribution in [0.4, 0.5) is 16.0 Å². The second-order valence-electron chi connectivity index (χ2n) is 6.80. The van der Waals surface area contributed by atoms with Gasteiger partial charge in [-0.05, 0) is 31.5 Å². The first kappa shape index (κ1) is 20.9. The Morgan fingerprint density at radius 1 is 1.37 bits per heavy atom. The van der Waals surface area contributed by atoms with E-state index in [0.29, 0.717) is 17.8 Å². The van der Waals surface area contributed by atoms with E-state index in [1.165, 1.54) is 18.5 Å². The van der Waals surface area contributed by atoms with Crippen LogP contribution in [0.3, 0.4) is 0 Å². The molecule has 1 aromatic carbocycles. The maximum Gasteiger partial charge on any atom is 0.253 e. The van der Waals surface area contributed by atoms with Crippen LogP contribution in [0.1, 0.15) is 54.3 Å². The van der Waals surface area contributed by atoms with E-state index in [1.54, 1.807) is 19.1 Å². The van der Waals surface area contributed by atoms with E-state index in [1.807, 2.05) is 13.0 Å². The highest BCUT2D eigenvalue weighted by Crippen LogP contribution is 2.27. The lowest BCUT2D eigenvalue weighted by molar-refractivity contribution is 0.0951. The molecule has 0 saturated heterocycles. The lowest BCUT2D eigenvalue weighted by atomic mass is 10.0. The molecule has 3 aromatic rings. The Morgan fingerprint density at radius 2 is 2.17 bits per heavy atom. The number of nitrogen functional groups attached to an aromatic ring is 1. The Labute approximate surface area is 173 Å². The molecule has 0 radical (unpaired) electrons. The van der Waals surface area contributed by atoms with Gasteiger partial charge in [-0.1, -0.05) is 19.4 Å². The van der Waals surface area contributed by atoms with Crippen molar-refractivity contribution in [1.82, 2.24) is 20.3 Å². The number of nitrogens with two attached hydrogens (primary N) is 1. The van der Waals surface area contributed by atoms with Crippen LogP contribution < -0.4 is 16.4 Å². The van der Waals surface area contributed by atoms with Crippen LogP contribution >= 0.6 is 0 Å². The standard InChI is InChI=1S/C21H22FN7O/c1-3-4-8-25-21(30)14-9-13-16(22)6-5-7-17(13)29-18(14)12(2)28-20-15(10-23)19(24)26-11-27-20/h5-7,9,11-12H,3-4,8H2,1-2H3,(H,25,30)(H3,24,26,27,28)/t12-/m0/s1. The van der Waals surface area contributed by atoms with Crippen LogP contribution in [-0.4, -0.2) is 27.4 Å². The van der Waals surface area contributed by atoms with Gasteiger partial charge in [0.05, 0.1) is 22.8 Å². The molecular weight excluding hydrogens is 385 g/mol. The fraction of sp³-hybridized carbons (Fsp3) is 0.286. The third-order valence-electron chi connectivity index (χ3n) is 4.65. The minimum atomic E-state index is -0.522. The van der Waals surface area contributed by atoms with Crippen LogP contribution in [0.15, 0.2) is 30.6 Å². The zero-order valence-corrected chi connectivity index (χ0v) is 16.7. The van der Waals surface area contributed by atoms with Gasteiger partial charge in [-0.2, -0.15) is 5.26 Å². The van der Waals surface area contributed by atoms with Crippen LogP contribution in [-0.2, 0) is 0 Å². The number of pyridine rings is 1. The van der Waals surface area contributed by atoms with Crippen molar-refractivity contribution in [3.63, 3.8) is 0 Å². The van der Waals surface area contributed by atoms with Gasteiger partial charge in [-0.3, -0.25) is 4.79 Å². The number of halogens is 1. The zero-order valence-electron chi connectivity index (χ0n) is 16.7. The Kier molecular flexibility index (Phi) is 6.37. The lowest BCUT2D eigenvalue weighted by Gasteiger charge is -2.19. The molecule has 0 bridgehead atoms. The summed E-state index contributed by atoms with van der Waals surface area (Å²) >= 11 is 0. The van der Waals surface area contributed by atoms with Crippen molar-refractivity contribution >= 4 is 28.4 Å². The van der Waals surface area contributed by atoms with Gasteiger partial charge in [0.2, 0.25) is 0 Å². The van der Waals surface area contributed by atoms with E-state index in [2.05, 4.69) is 25.6 Å². The molecule has 8 nitrogen and oxygen atoms in total. The first-order chi connectivity index (χ1) is 14.5. The Morgan fingerprint density at radius 3 is 2.90 bits per heavy atom. The van der Waals surface area contributed by atoms with Gasteiger partial charge in [0, 0.05) is 11.9 Å². The van der Waals surface area contributed by atoms with Crippen molar-refractivity contribution in [2.24, 2.45) is 0 Å². The third kappa shape index (κ3) is 4.27. The number of anilines is 2. The van der Waals surface area contributed by atoms with Crippen molar-refractivity contribution in [2.75, 3.05) is 17.6 Å². The molecule has 0 spiro atoms. The molecular formula is C21H22FN7O. The third-order valence-corrected chi connectivity index (χ3v) is 4.65. The lowest BCUT2D eigenvalue weighted by Crippen LogP contribution is -2.27. The molecule has 0 saturated carbocycles. The van der Waals surface area contributed by atoms with Crippen molar-refractivity contribution in [3.8, 4) is 6.07 Å². The Bertz CT molecular complexity index is 1130. The number of carbonyl (C=O) groups is 1. The summed E-state index contributed by atoms with van der Waals surface area (Å²) in [5, 5.41) is 15.5. The molecule has 2 aromatic heterocycles. The number of unbranched alkanes of at least 4 members (excludes halogenated alkanes) is 1. The molecule has 4 N–H and O–H groups in total. The van der Waals surface area contributed by atoms with Crippen molar-refractivity contribution in [2.45, 2.75) is 32.7 Å². The average Bonchev–Trinajstić information content (AvgIpc) is 2.73. The van der Waals surface area contributed by atoms with Crippen LogP contribution in [0.25, 0.3) is 10.9 Å². The SMILES string of the molecule is CCCCNC(=O)c1cc2c(F)cccc2nc1[C@H](C)Nc1ncnc(N)c1C#N. The van der Waals surface area contributed by atoms with E-state index in [4.69, 9.17) is 5.73 Å². The smallest absolute Gasteiger partial charge is 0.253 e. The predicted octanol–water partition coefficient (Wildman–Crippen LogP) is 3.32. The minimum Gasteiger partial charge on any atom is -0.382 e. The van der Waals surface area contributed by atoms with Crippen LogP contribution in [0.2, 0.25) is 0 Å². The topological polar surface area (TPSA) is 130 Å². The van der Waals surface area contributed by atoms with Gasteiger partial charge < -0.3 is 16.4 Å². The number of aromatic nitrogens is 3. The number of rotatable bonds is 7. The van der Waals surface area contributed by atoms with E-state index in [9.17, 15) is 14.4 Å². The Hall–Kier alpha value is -3.80. The average molecular weight is 407 g/mol. The van der Waals surface area contributed by atoms with E-state index < -0.39 is 11.9 Å². The van der Waals surface area contributed by atoms with E-state index >= 15 is 0 Å². The van der Waals surface area contributed by atoms with Crippen LogP contribution in [0.5, 0.6) is 0 Å². The summed E-state index contributed by atoms with van der Waals surface area (Å²) in [5.74, 6) is -0.512. The van der Waals surface area contributed by atoms with Crippen molar-refractivity contribution in [3.05, 3.63) is 53.2 Å². The zero-order chi connectivity index (χ0) is 21.7. The molecule has 0 aliphatic rings. The fourth-order valence-corrected chi connectivity index (χ4v) is 3.05. The van der Waals surface area contributed by atoms with Gasteiger partial charge in [0.25, 0.3) is 5.91 Å².